The van der Waals surface area contributed by atoms with Crippen LogP contribution in [-0.2, 0) is 9.59 Å². The number of benzene rings is 2. The first-order valence-electron chi connectivity index (χ1n) is 9.71. The number of carbonyl (C=O) groups excluding carboxylic acids is 2. The minimum absolute atomic E-state index is 0.0171. The van der Waals surface area contributed by atoms with Crippen molar-refractivity contribution in [1.82, 2.24) is 4.90 Å². The van der Waals surface area contributed by atoms with E-state index in [1.165, 1.54) is 0 Å². The van der Waals surface area contributed by atoms with E-state index in [4.69, 9.17) is 0 Å². The van der Waals surface area contributed by atoms with Crippen LogP contribution in [0, 0.1) is 5.92 Å². The molecule has 146 valence electrons. The number of carbonyl (C=O) groups is 2. The second-order valence-corrected chi connectivity index (χ2v) is 7.25. The van der Waals surface area contributed by atoms with Crippen molar-refractivity contribution < 1.29 is 9.59 Å². The third kappa shape index (κ3) is 5.22. The van der Waals surface area contributed by atoms with Gasteiger partial charge in [0.2, 0.25) is 11.8 Å². The van der Waals surface area contributed by atoms with Crippen molar-refractivity contribution in [3.63, 3.8) is 0 Å². The fraction of sp³-hybridized carbons (Fsp3) is 0.304. The molecule has 0 unspecified atom stereocenters. The summed E-state index contributed by atoms with van der Waals surface area (Å²) < 4.78 is 0. The molecule has 0 spiro atoms. The summed E-state index contributed by atoms with van der Waals surface area (Å²) in [6.07, 6.45) is 3.51. The molecule has 0 aromatic heterocycles. The van der Waals surface area contributed by atoms with Crippen molar-refractivity contribution in [3.05, 3.63) is 66.2 Å². The summed E-state index contributed by atoms with van der Waals surface area (Å²) in [5, 5.41) is 2.90. The number of nitrogens with one attached hydrogen (secondary N) is 1. The van der Waals surface area contributed by atoms with E-state index in [0.717, 1.165) is 30.0 Å². The van der Waals surface area contributed by atoms with Gasteiger partial charge in [-0.2, -0.15) is 0 Å². The number of hydrogen-bond donors (Lipinski definition) is 1. The Hall–Kier alpha value is -3.08. The van der Waals surface area contributed by atoms with Gasteiger partial charge in [0, 0.05) is 49.5 Å². The SMILES string of the molecule is CC(C)C(=O)Nc1ccc(N2CCN(C(=O)/C=C/c3ccccc3)CC2)cc1. The summed E-state index contributed by atoms with van der Waals surface area (Å²) in [4.78, 5) is 28.3. The minimum atomic E-state index is -0.0405. The molecule has 0 aliphatic carbocycles. The average Bonchev–Trinajstić information content (AvgIpc) is 2.73. The molecule has 2 aromatic carbocycles. The van der Waals surface area contributed by atoms with Gasteiger partial charge >= 0.3 is 0 Å². The Kier molecular flexibility index (Phi) is 6.48. The van der Waals surface area contributed by atoms with Gasteiger partial charge in [0.1, 0.15) is 0 Å². The van der Waals surface area contributed by atoms with Gasteiger partial charge in [-0.15, -0.1) is 0 Å². The number of anilines is 2. The van der Waals surface area contributed by atoms with E-state index in [1.807, 2.05) is 79.4 Å². The van der Waals surface area contributed by atoms with Crippen LogP contribution in [0.1, 0.15) is 19.4 Å². The number of nitrogens with zero attached hydrogens (tertiary/aromatic N) is 2. The lowest BCUT2D eigenvalue weighted by molar-refractivity contribution is -0.126. The lowest BCUT2D eigenvalue weighted by Gasteiger charge is -2.35. The highest BCUT2D eigenvalue weighted by atomic mass is 16.2. The second kappa shape index (κ2) is 9.22. The van der Waals surface area contributed by atoms with Gasteiger partial charge in [0.05, 0.1) is 0 Å². The molecule has 0 bridgehead atoms. The topological polar surface area (TPSA) is 52.7 Å². The molecule has 1 N–H and O–H groups in total. The second-order valence-electron chi connectivity index (χ2n) is 7.25. The highest BCUT2D eigenvalue weighted by molar-refractivity contribution is 5.92. The average molecular weight is 377 g/mol. The lowest BCUT2D eigenvalue weighted by atomic mass is 10.2. The molecule has 1 aliphatic rings. The van der Waals surface area contributed by atoms with Gasteiger partial charge in [0.15, 0.2) is 0 Å². The normalized spacial score (nSPS) is 14.5. The zero-order chi connectivity index (χ0) is 19.9. The van der Waals surface area contributed by atoms with Crippen LogP contribution < -0.4 is 10.2 Å². The van der Waals surface area contributed by atoms with Crippen molar-refractivity contribution in [2.75, 3.05) is 36.4 Å². The van der Waals surface area contributed by atoms with Crippen LogP contribution in [0.5, 0.6) is 0 Å². The van der Waals surface area contributed by atoms with E-state index in [2.05, 4.69) is 10.2 Å². The third-order valence-corrected chi connectivity index (χ3v) is 4.83. The number of amides is 2. The zero-order valence-corrected chi connectivity index (χ0v) is 16.5. The Morgan fingerprint density at radius 1 is 0.929 bits per heavy atom. The molecule has 5 nitrogen and oxygen atoms in total. The van der Waals surface area contributed by atoms with Gasteiger partial charge in [-0.3, -0.25) is 9.59 Å². The van der Waals surface area contributed by atoms with E-state index in [9.17, 15) is 9.59 Å². The maximum Gasteiger partial charge on any atom is 0.246 e. The quantitative estimate of drug-likeness (QED) is 0.810. The van der Waals surface area contributed by atoms with E-state index >= 15 is 0 Å². The maximum atomic E-state index is 12.4. The summed E-state index contributed by atoms with van der Waals surface area (Å²) in [7, 11) is 0. The fourth-order valence-electron chi connectivity index (χ4n) is 3.06. The molecule has 2 aromatic rings. The zero-order valence-electron chi connectivity index (χ0n) is 16.5. The Labute approximate surface area is 166 Å². The lowest BCUT2D eigenvalue weighted by Crippen LogP contribution is -2.48. The Balaban J connectivity index is 1.51. The smallest absolute Gasteiger partial charge is 0.246 e. The monoisotopic (exact) mass is 377 g/mol. The molecule has 3 rings (SSSR count). The van der Waals surface area contributed by atoms with E-state index in [-0.39, 0.29) is 17.7 Å². The molecule has 0 atom stereocenters. The molecule has 5 heteroatoms. The molecule has 1 fully saturated rings. The molecular formula is C23H27N3O2. The van der Waals surface area contributed by atoms with Gasteiger partial charge in [0.25, 0.3) is 0 Å². The highest BCUT2D eigenvalue weighted by Gasteiger charge is 2.20. The number of piperazine rings is 1. The Bertz CT molecular complexity index is 821. The van der Waals surface area contributed by atoms with Crippen molar-refractivity contribution in [1.29, 1.82) is 0 Å². The third-order valence-electron chi connectivity index (χ3n) is 4.83. The molecular weight excluding hydrogens is 350 g/mol. The Morgan fingerprint density at radius 2 is 1.57 bits per heavy atom. The molecule has 1 heterocycles. The van der Waals surface area contributed by atoms with Crippen LogP contribution in [0.25, 0.3) is 6.08 Å². The molecule has 0 radical (unpaired) electrons. The van der Waals surface area contributed by atoms with Crippen LogP contribution >= 0.6 is 0 Å². The van der Waals surface area contributed by atoms with Gasteiger partial charge in [-0.05, 0) is 35.9 Å². The van der Waals surface area contributed by atoms with Crippen LogP contribution in [0.4, 0.5) is 11.4 Å². The van der Waals surface area contributed by atoms with Crippen LogP contribution in [0.15, 0.2) is 60.7 Å². The minimum Gasteiger partial charge on any atom is -0.368 e. The summed E-state index contributed by atoms with van der Waals surface area (Å²) in [6, 6.07) is 17.7. The molecule has 2 amide bonds. The molecule has 1 saturated heterocycles. The summed E-state index contributed by atoms with van der Waals surface area (Å²) in [5.41, 5.74) is 2.94. The largest absolute Gasteiger partial charge is 0.368 e. The van der Waals surface area contributed by atoms with E-state index < -0.39 is 0 Å². The number of hydrogen-bond acceptors (Lipinski definition) is 3. The summed E-state index contributed by atoms with van der Waals surface area (Å²) in [6.45, 7) is 6.73. The van der Waals surface area contributed by atoms with Crippen molar-refractivity contribution in [2.45, 2.75) is 13.8 Å². The molecule has 0 saturated carbocycles. The molecule has 1 aliphatic heterocycles. The van der Waals surface area contributed by atoms with Crippen molar-refractivity contribution in [2.24, 2.45) is 5.92 Å². The first-order chi connectivity index (χ1) is 13.5. The van der Waals surface area contributed by atoms with Crippen LogP contribution in [0.3, 0.4) is 0 Å². The van der Waals surface area contributed by atoms with Gasteiger partial charge in [-0.1, -0.05) is 44.2 Å². The first-order valence-corrected chi connectivity index (χ1v) is 9.71. The van der Waals surface area contributed by atoms with Crippen molar-refractivity contribution >= 4 is 29.3 Å². The summed E-state index contributed by atoms with van der Waals surface area (Å²) >= 11 is 0. The Morgan fingerprint density at radius 3 is 2.18 bits per heavy atom. The van der Waals surface area contributed by atoms with Gasteiger partial charge < -0.3 is 15.1 Å². The predicted octanol–water partition coefficient (Wildman–Crippen LogP) is 3.64. The van der Waals surface area contributed by atoms with E-state index in [0.29, 0.717) is 13.1 Å². The van der Waals surface area contributed by atoms with Crippen LogP contribution in [-0.4, -0.2) is 42.9 Å². The highest BCUT2D eigenvalue weighted by Crippen LogP contribution is 2.20. The molecule has 28 heavy (non-hydrogen) atoms. The first kappa shape index (κ1) is 19.7. The standard InChI is InChI=1S/C23H27N3O2/c1-18(2)23(28)24-20-9-11-21(12-10-20)25-14-16-26(17-15-25)22(27)13-8-19-6-4-3-5-7-19/h3-13,18H,14-17H2,1-2H3,(H,24,28)/b13-8+. The summed E-state index contributed by atoms with van der Waals surface area (Å²) in [5.74, 6) is 0.0277. The van der Waals surface area contributed by atoms with E-state index in [1.54, 1.807) is 6.08 Å². The maximum absolute atomic E-state index is 12.4. The van der Waals surface area contributed by atoms with Crippen LogP contribution in [0.2, 0.25) is 0 Å². The number of rotatable bonds is 5. The predicted molar refractivity (Wildman–Crippen MR) is 114 cm³/mol. The van der Waals surface area contributed by atoms with Gasteiger partial charge in [-0.25, -0.2) is 0 Å². The van der Waals surface area contributed by atoms with Crippen molar-refractivity contribution in [3.8, 4) is 0 Å². The fourth-order valence-corrected chi connectivity index (χ4v) is 3.06.